The van der Waals surface area contributed by atoms with Gasteiger partial charge in [-0.05, 0) is 42.6 Å². The quantitative estimate of drug-likeness (QED) is 0.755. The zero-order valence-corrected chi connectivity index (χ0v) is 12.6. The van der Waals surface area contributed by atoms with Gasteiger partial charge in [0.25, 0.3) is 0 Å². The van der Waals surface area contributed by atoms with E-state index in [1.165, 1.54) is 16.5 Å². The lowest BCUT2D eigenvalue weighted by molar-refractivity contribution is 0.557. The van der Waals surface area contributed by atoms with Crippen molar-refractivity contribution in [2.45, 2.75) is 33.0 Å². The van der Waals surface area contributed by atoms with Crippen molar-refractivity contribution in [1.82, 2.24) is 24.6 Å². The van der Waals surface area contributed by atoms with E-state index in [4.69, 9.17) is 0 Å². The molecule has 0 unspecified atom stereocenters. The number of benzene rings is 1. The van der Waals surface area contributed by atoms with Crippen LogP contribution in [-0.2, 0) is 19.6 Å². The van der Waals surface area contributed by atoms with Crippen LogP contribution in [0.1, 0.15) is 24.7 Å². The second-order valence-electron chi connectivity index (χ2n) is 5.27. The second-order valence-corrected chi connectivity index (χ2v) is 5.27. The molecule has 110 valence electrons. The van der Waals surface area contributed by atoms with Crippen LogP contribution in [0.25, 0.3) is 10.9 Å². The molecular formula is C16H21N5. The highest BCUT2D eigenvalue weighted by atomic mass is 15.3. The van der Waals surface area contributed by atoms with Gasteiger partial charge in [0.05, 0.1) is 6.54 Å². The van der Waals surface area contributed by atoms with Gasteiger partial charge in [-0.25, -0.2) is 9.67 Å². The highest BCUT2D eigenvalue weighted by Gasteiger charge is 2.07. The molecule has 2 aromatic heterocycles. The Kier molecular flexibility index (Phi) is 4.01. The van der Waals surface area contributed by atoms with Crippen LogP contribution in [0.15, 0.2) is 36.8 Å². The Hall–Kier alpha value is -2.14. The number of nitrogens with one attached hydrogen (secondary N) is 1. The summed E-state index contributed by atoms with van der Waals surface area (Å²) >= 11 is 0. The van der Waals surface area contributed by atoms with Crippen molar-refractivity contribution in [3.05, 3.63) is 48.2 Å². The molecule has 3 aromatic rings. The number of aryl methyl sites for hydroxylation is 1. The fourth-order valence-electron chi connectivity index (χ4n) is 2.66. The summed E-state index contributed by atoms with van der Waals surface area (Å²) in [6.07, 6.45) is 4.83. The van der Waals surface area contributed by atoms with Gasteiger partial charge in [-0.2, -0.15) is 5.10 Å². The molecule has 5 nitrogen and oxygen atoms in total. The maximum Gasteiger partial charge on any atom is 0.146 e. The summed E-state index contributed by atoms with van der Waals surface area (Å²) in [6, 6.07) is 8.75. The average molecular weight is 283 g/mol. The van der Waals surface area contributed by atoms with E-state index in [0.29, 0.717) is 0 Å². The largest absolute Gasteiger partial charge is 0.340 e. The Balaban J connectivity index is 1.88. The van der Waals surface area contributed by atoms with Gasteiger partial charge < -0.3 is 9.88 Å². The van der Waals surface area contributed by atoms with Crippen LogP contribution in [0.2, 0.25) is 0 Å². The smallest absolute Gasteiger partial charge is 0.146 e. The third-order valence-corrected chi connectivity index (χ3v) is 3.66. The van der Waals surface area contributed by atoms with Gasteiger partial charge in [-0.3, -0.25) is 0 Å². The standard InChI is InChI=1S/C16H21N5/c1-3-7-21-16(18-12-19-21)11-20-8-6-14-9-13(10-17-2)4-5-15(14)20/h4-6,8-9,12,17H,3,7,10-11H2,1-2H3. The zero-order chi connectivity index (χ0) is 14.7. The second kappa shape index (κ2) is 6.10. The molecule has 1 aromatic carbocycles. The lowest BCUT2D eigenvalue weighted by Gasteiger charge is -2.08. The number of hydrogen-bond donors (Lipinski definition) is 1. The highest BCUT2D eigenvalue weighted by molar-refractivity contribution is 5.80. The molecule has 21 heavy (non-hydrogen) atoms. The minimum absolute atomic E-state index is 0.759. The molecular weight excluding hydrogens is 262 g/mol. The highest BCUT2D eigenvalue weighted by Crippen LogP contribution is 2.18. The molecule has 0 bridgehead atoms. The Morgan fingerprint density at radius 2 is 2.14 bits per heavy atom. The summed E-state index contributed by atoms with van der Waals surface area (Å²) in [4.78, 5) is 4.38. The SMILES string of the molecule is CCCn1ncnc1Cn1ccc2cc(CNC)ccc21. The number of fused-ring (bicyclic) bond motifs is 1. The fourth-order valence-corrected chi connectivity index (χ4v) is 2.66. The number of aromatic nitrogens is 4. The maximum atomic E-state index is 4.38. The van der Waals surface area contributed by atoms with Crippen LogP contribution in [0.3, 0.4) is 0 Å². The van der Waals surface area contributed by atoms with Crippen LogP contribution in [-0.4, -0.2) is 26.4 Å². The predicted molar refractivity (Wildman–Crippen MR) is 84.1 cm³/mol. The van der Waals surface area contributed by atoms with Gasteiger partial charge in [-0.1, -0.05) is 13.0 Å². The number of nitrogens with zero attached hydrogens (tertiary/aromatic N) is 4. The fraction of sp³-hybridized carbons (Fsp3) is 0.375. The van der Waals surface area contributed by atoms with Crippen LogP contribution >= 0.6 is 0 Å². The molecule has 1 N–H and O–H groups in total. The lowest BCUT2D eigenvalue weighted by atomic mass is 10.1. The molecule has 0 aliphatic carbocycles. The van der Waals surface area contributed by atoms with Crippen molar-refractivity contribution >= 4 is 10.9 Å². The first-order valence-corrected chi connectivity index (χ1v) is 7.41. The Morgan fingerprint density at radius 3 is 2.95 bits per heavy atom. The molecule has 0 saturated heterocycles. The van der Waals surface area contributed by atoms with Gasteiger partial charge in [0, 0.05) is 24.8 Å². The molecule has 0 aliphatic rings. The predicted octanol–water partition coefficient (Wildman–Crippen LogP) is 2.41. The van der Waals surface area contributed by atoms with Crippen molar-refractivity contribution in [2.75, 3.05) is 7.05 Å². The summed E-state index contributed by atoms with van der Waals surface area (Å²) < 4.78 is 4.22. The summed E-state index contributed by atoms with van der Waals surface area (Å²) in [5.41, 5.74) is 2.54. The van der Waals surface area contributed by atoms with E-state index in [1.54, 1.807) is 6.33 Å². The van der Waals surface area contributed by atoms with Gasteiger partial charge in [0.15, 0.2) is 0 Å². The first-order chi connectivity index (χ1) is 10.3. The first kappa shape index (κ1) is 13.8. The van der Waals surface area contributed by atoms with Crippen LogP contribution in [0.4, 0.5) is 0 Å². The molecule has 0 aliphatic heterocycles. The van der Waals surface area contributed by atoms with Crippen molar-refractivity contribution in [3.63, 3.8) is 0 Å². The van der Waals surface area contributed by atoms with E-state index >= 15 is 0 Å². The van der Waals surface area contributed by atoms with Gasteiger partial charge in [0.1, 0.15) is 12.2 Å². The summed E-state index contributed by atoms with van der Waals surface area (Å²) in [5.74, 6) is 1.01. The van der Waals surface area contributed by atoms with Crippen molar-refractivity contribution in [3.8, 4) is 0 Å². The number of rotatable bonds is 6. The van der Waals surface area contributed by atoms with Gasteiger partial charge >= 0.3 is 0 Å². The van der Waals surface area contributed by atoms with Crippen molar-refractivity contribution in [1.29, 1.82) is 0 Å². The average Bonchev–Trinajstić information content (AvgIpc) is 3.08. The summed E-state index contributed by atoms with van der Waals surface area (Å²) in [5, 5.41) is 8.74. The van der Waals surface area contributed by atoms with Crippen LogP contribution < -0.4 is 5.32 Å². The lowest BCUT2D eigenvalue weighted by Crippen LogP contribution is -2.09. The van der Waals surface area contributed by atoms with E-state index < -0.39 is 0 Å². The third kappa shape index (κ3) is 2.83. The van der Waals surface area contributed by atoms with E-state index in [9.17, 15) is 0 Å². The summed E-state index contributed by atoms with van der Waals surface area (Å²) in [7, 11) is 1.97. The monoisotopic (exact) mass is 283 g/mol. The minimum Gasteiger partial charge on any atom is -0.340 e. The Bertz CT molecular complexity index is 725. The molecule has 0 atom stereocenters. The van der Waals surface area contributed by atoms with Gasteiger partial charge in [0.2, 0.25) is 0 Å². The molecule has 0 spiro atoms. The minimum atomic E-state index is 0.759. The van der Waals surface area contributed by atoms with Crippen molar-refractivity contribution < 1.29 is 0 Å². The van der Waals surface area contributed by atoms with Gasteiger partial charge in [-0.15, -0.1) is 0 Å². The zero-order valence-electron chi connectivity index (χ0n) is 12.6. The van der Waals surface area contributed by atoms with Crippen LogP contribution in [0.5, 0.6) is 0 Å². The van der Waals surface area contributed by atoms with E-state index in [2.05, 4.69) is 57.4 Å². The van der Waals surface area contributed by atoms with E-state index in [-0.39, 0.29) is 0 Å². The molecule has 0 saturated carbocycles. The normalized spacial score (nSPS) is 11.3. The molecule has 0 fully saturated rings. The maximum absolute atomic E-state index is 4.38. The Morgan fingerprint density at radius 1 is 1.24 bits per heavy atom. The Labute approximate surface area is 124 Å². The molecule has 0 radical (unpaired) electrons. The van der Waals surface area contributed by atoms with Crippen LogP contribution in [0, 0.1) is 0 Å². The molecule has 2 heterocycles. The van der Waals surface area contributed by atoms with E-state index in [1.807, 2.05) is 11.7 Å². The third-order valence-electron chi connectivity index (χ3n) is 3.66. The van der Waals surface area contributed by atoms with Crippen molar-refractivity contribution in [2.24, 2.45) is 0 Å². The molecule has 3 rings (SSSR count). The first-order valence-electron chi connectivity index (χ1n) is 7.41. The number of hydrogen-bond acceptors (Lipinski definition) is 3. The topological polar surface area (TPSA) is 47.7 Å². The summed E-state index contributed by atoms with van der Waals surface area (Å²) in [6.45, 7) is 4.72. The van der Waals surface area contributed by atoms with E-state index in [0.717, 1.165) is 31.9 Å². The molecule has 5 heteroatoms. The molecule has 0 amide bonds.